The summed E-state index contributed by atoms with van der Waals surface area (Å²) in [6.45, 7) is -0.384. The maximum atomic E-state index is 12.4. The molecule has 3 aliphatic heterocycles. The van der Waals surface area contributed by atoms with Crippen LogP contribution in [0.2, 0.25) is 0 Å². The highest BCUT2D eigenvalue weighted by atomic mass is 32.2. The molecular formula is C18H24N2O4S. The number of nitrogens with zero attached hydrogens (tertiary/aromatic N) is 2. The maximum Gasteiger partial charge on any atom is 0.219 e. The summed E-state index contributed by atoms with van der Waals surface area (Å²) in [6, 6.07) is 0. The molecule has 0 radical (unpaired) electrons. The minimum Gasteiger partial charge on any atom is -0.475 e. The summed E-state index contributed by atoms with van der Waals surface area (Å²) in [6.07, 6.45) is 14.6. The highest BCUT2D eigenvalue weighted by molar-refractivity contribution is 7.89. The minimum atomic E-state index is -3.54. The molecule has 3 heterocycles. The average Bonchev–Trinajstić information content (AvgIpc) is 2.98. The van der Waals surface area contributed by atoms with E-state index in [-0.39, 0.29) is 17.8 Å². The Hall–Kier alpha value is -1.57. The molecule has 0 amide bonds. The molecule has 4 aliphatic rings. The van der Waals surface area contributed by atoms with E-state index in [0.29, 0.717) is 6.42 Å². The molecule has 2 fully saturated rings. The molecule has 2 unspecified atom stereocenters. The van der Waals surface area contributed by atoms with E-state index in [9.17, 15) is 8.42 Å². The quantitative estimate of drug-likeness (QED) is 0.827. The molecule has 0 aromatic heterocycles. The number of sulfonamides is 1. The van der Waals surface area contributed by atoms with Crippen molar-refractivity contribution in [3.63, 3.8) is 0 Å². The van der Waals surface area contributed by atoms with Crippen LogP contribution in [0, 0.1) is 5.41 Å². The second kappa shape index (κ2) is 6.00. The van der Waals surface area contributed by atoms with E-state index in [1.54, 1.807) is 7.05 Å². The molecule has 0 bridgehead atoms. The van der Waals surface area contributed by atoms with Crippen LogP contribution in [0.1, 0.15) is 32.1 Å². The van der Waals surface area contributed by atoms with Crippen molar-refractivity contribution in [3.05, 3.63) is 47.7 Å². The fourth-order valence-electron chi connectivity index (χ4n) is 4.38. The third-order valence-electron chi connectivity index (χ3n) is 5.74. The highest BCUT2D eigenvalue weighted by Crippen LogP contribution is 2.58. The molecule has 1 aliphatic carbocycles. The van der Waals surface area contributed by atoms with Crippen molar-refractivity contribution in [1.29, 1.82) is 0 Å². The maximum absolute atomic E-state index is 12.4. The van der Waals surface area contributed by atoms with E-state index < -0.39 is 16.3 Å². The average molecular weight is 364 g/mol. The van der Waals surface area contributed by atoms with E-state index in [0.717, 1.165) is 37.1 Å². The zero-order valence-corrected chi connectivity index (χ0v) is 15.2. The van der Waals surface area contributed by atoms with Gasteiger partial charge < -0.3 is 14.7 Å². The SMILES string of the molecule is CN(C1CC23CCCCC2=CN2C=CC=CC2=C3O1)S(=O)(=O)CCO. The monoisotopic (exact) mass is 364 g/mol. The third kappa shape index (κ3) is 2.56. The predicted molar refractivity (Wildman–Crippen MR) is 94.3 cm³/mol. The number of allylic oxidation sites excluding steroid dienone is 4. The van der Waals surface area contributed by atoms with Gasteiger partial charge in [0.05, 0.1) is 23.5 Å². The molecule has 25 heavy (non-hydrogen) atoms. The summed E-state index contributed by atoms with van der Waals surface area (Å²) < 4.78 is 32.3. The van der Waals surface area contributed by atoms with Crippen LogP contribution in [0.15, 0.2) is 47.7 Å². The smallest absolute Gasteiger partial charge is 0.219 e. The molecule has 1 spiro atoms. The first kappa shape index (κ1) is 16.9. The lowest BCUT2D eigenvalue weighted by Gasteiger charge is -2.41. The van der Waals surface area contributed by atoms with Crippen LogP contribution in [0.4, 0.5) is 0 Å². The Bertz CT molecular complexity index is 796. The number of fused-ring (bicyclic) bond motifs is 1. The number of aliphatic hydroxyl groups is 1. The Balaban J connectivity index is 1.74. The van der Waals surface area contributed by atoms with Gasteiger partial charge in [0, 0.05) is 25.9 Å². The lowest BCUT2D eigenvalue weighted by molar-refractivity contribution is 0.0715. The minimum absolute atomic E-state index is 0.187. The molecule has 7 heteroatoms. The number of ether oxygens (including phenoxy) is 1. The van der Waals surface area contributed by atoms with Crippen LogP contribution < -0.4 is 0 Å². The lowest BCUT2D eigenvalue weighted by Crippen LogP contribution is -2.39. The molecule has 136 valence electrons. The molecule has 6 nitrogen and oxygen atoms in total. The Morgan fingerprint density at radius 1 is 1.40 bits per heavy atom. The summed E-state index contributed by atoms with van der Waals surface area (Å²) in [5.74, 6) is 0.626. The molecule has 1 N–H and O–H groups in total. The normalized spacial score (nSPS) is 30.8. The summed E-state index contributed by atoms with van der Waals surface area (Å²) in [5.41, 5.74) is 2.16. The second-order valence-electron chi connectivity index (χ2n) is 7.10. The fourth-order valence-corrected chi connectivity index (χ4v) is 5.37. The first-order chi connectivity index (χ1) is 12.0. The van der Waals surface area contributed by atoms with Gasteiger partial charge in [0.25, 0.3) is 0 Å². The van der Waals surface area contributed by atoms with E-state index in [1.807, 2.05) is 24.4 Å². The van der Waals surface area contributed by atoms with E-state index in [2.05, 4.69) is 11.1 Å². The Morgan fingerprint density at radius 2 is 2.24 bits per heavy atom. The van der Waals surface area contributed by atoms with Gasteiger partial charge >= 0.3 is 0 Å². The van der Waals surface area contributed by atoms with Crippen molar-refractivity contribution >= 4 is 10.0 Å². The van der Waals surface area contributed by atoms with Gasteiger partial charge in [-0.05, 0) is 37.0 Å². The van der Waals surface area contributed by atoms with Crippen molar-refractivity contribution < 1.29 is 18.3 Å². The van der Waals surface area contributed by atoms with E-state index >= 15 is 0 Å². The van der Waals surface area contributed by atoms with Gasteiger partial charge in [0.15, 0.2) is 6.23 Å². The predicted octanol–water partition coefficient (Wildman–Crippen LogP) is 2.04. The Morgan fingerprint density at radius 3 is 3.04 bits per heavy atom. The van der Waals surface area contributed by atoms with E-state index in [1.165, 1.54) is 9.88 Å². The van der Waals surface area contributed by atoms with Gasteiger partial charge in [0.1, 0.15) is 5.76 Å². The van der Waals surface area contributed by atoms with Crippen LogP contribution in [-0.2, 0) is 14.8 Å². The highest BCUT2D eigenvalue weighted by Gasteiger charge is 2.54. The van der Waals surface area contributed by atoms with Crippen molar-refractivity contribution in [3.8, 4) is 0 Å². The number of aliphatic hydroxyl groups excluding tert-OH is 1. The van der Waals surface area contributed by atoms with Crippen LogP contribution in [0.3, 0.4) is 0 Å². The molecule has 1 saturated carbocycles. The zero-order chi connectivity index (χ0) is 17.7. The van der Waals surface area contributed by atoms with Crippen LogP contribution in [0.25, 0.3) is 0 Å². The number of rotatable bonds is 4. The van der Waals surface area contributed by atoms with Crippen molar-refractivity contribution in [2.75, 3.05) is 19.4 Å². The summed E-state index contributed by atoms with van der Waals surface area (Å²) >= 11 is 0. The molecule has 1 saturated heterocycles. The van der Waals surface area contributed by atoms with Crippen molar-refractivity contribution in [1.82, 2.24) is 9.21 Å². The van der Waals surface area contributed by atoms with Crippen molar-refractivity contribution in [2.45, 2.75) is 38.3 Å². The Labute approximate surface area is 148 Å². The first-order valence-corrected chi connectivity index (χ1v) is 10.4. The van der Waals surface area contributed by atoms with Crippen LogP contribution in [0.5, 0.6) is 0 Å². The van der Waals surface area contributed by atoms with E-state index in [4.69, 9.17) is 9.84 Å². The molecular weight excluding hydrogens is 340 g/mol. The topological polar surface area (TPSA) is 70.1 Å². The van der Waals surface area contributed by atoms with Gasteiger partial charge in [-0.3, -0.25) is 0 Å². The largest absolute Gasteiger partial charge is 0.475 e. The standard InChI is InChI=1S/C18H24N2O4S/c1-19(25(22,23)11-10-21)16-12-18-8-4-2-6-14(18)13-20-9-5-3-7-15(20)17(18)24-16/h3,5,7,9,13,16,21H,2,4,6,8,10-12H2,1H3. The summed E-state index contributed by atoms with van der Waals surface area (Å²) in [7, 11) is -1.99. The molecule has 4 rings (SSSR count). The summed E-state index contributed by atoms with van der Waals surface area (Å²) in [4.78, 5) is 2.08. The van der Waals surface area contributed by atoms with Crippen molar-refractivity contribution in [2.24, 2.45) is 5.41 Å². The van der Waals surface area contributed by atoms with Gasteiger partial charge in [-0.2, -0.15) is 4.31 Å². The molecule has 0 aromatic rings. The third-order valence-corrected chi connectivity index (χ3v) is 7.55. The number of hydrogen-bond donors (Lipinski definition) is 1. The van der Waals surface area contributed by atoms with Gasteiger partial charge in [0.2, 0.25) is 10.0 Å². The van der Waals surface area contributed by atoms with Gasteiger partial charge in [-0.15, -0.1) is 0 Å². The lowest BCUT2D eigenvalue weighted by atomic mass is 9.66. The number of hydrogen-bond acceptors (Lipinski definition) is 5. The fraction of sp³-hybridized carbons (Fsp3) is 0.556. The zero-order valence-electron chi connectivity index (χ0n) is 14.4. The van der Waals surface area contributed by atoms with Crippen LogP contribution in [-0.4, -0.2) is 48.4 Å². The second-order valence-corrected chi connectivity index (χ2v) is 9.25. The Kier molecular flexibility index (Phi) is 4.05. The van der Waals surface area contributed by atoms with Crippen LogP contribution >= 0.6 is 0 Å². The van der Waals surface area contributed by atoms with Gasteiger partial charge in [-0.1, -0.05) is 12.5 Å². The molecule has 0 aromatic carbocycles. The summed E-state index contributed by atoms with van der Waals surface area (Å²) in [5, 5.41) is 9.05. The van der Waals surface area contributed by atoms with Gasteiger partial charge in [-0.25, -0.2) is 8.42 Å². The molecule has 2 atom stereocenters. The first-order valence-electron chi connectivity index (χ1n) is 8.80.